The molecule has 1 aliphatic heterocycles. The Labute approximate surface area is 89.3 Å². The molecule has 1 heterocycles. The smallest absolute Gasteiger partial charge is 0.159 e. The molecule has 0 radical (unpaired) electrons. The lowest BCUT2D eigenvalue weighted by atomic mass is 10.0. The third kappa shape index (κ3) is 2.08. The fraction of sp³-hybridized carbons (Fsp3) is 0.417. The van der Waals surface area contributed by atoms with E-state index in [1.165, 1.54) is 11.1 Å². The third-order valence-electron chi connectivity index (χ3n) is 2.82. The van der Waals surface area contributed by atoms with E-state index in [4.69, 9.17) is 5.11 Å². The van der Waals surface area contributed by atoms with Crippen molar-refractivity contribution in [1.29, 1.82) is 0 Å². The minimum absolute atomic E-state index is 0.110. The van der Waals surface area contributed by atoms with Gasteiger partial charge in [-0.3, -0.25) is 9.69 Å². The van der Waals surface area contributed by atoms with Gasteiger partial charge in [0, 0.05) is 25.2 Å². The van der Waals surface area contributed by atoms with Gasteiger partial charge in [0.25, 0.3) is 0 Å². The van der Waals surface area contributed by atoms with E-state index in [-0.39, 0.29) is 12.4 Å². The maximum atomic E-state index is 11.2. The molecule has 0 aromatic heterocycles. The number of aliphatic hydroxyl groups is 1. The first-order valence-corrected chi connectivity index (χ1v) is 5.16. The molecule has 0 aliphatic carbocycles. The quantitative estimate of drug-likeness (QED) is 0.754. The second-order valence-electron chi connectivity index (χ2n) is 3.97. The van der Waals surface area contributed by atoms with Crippen molar-refractivity contribution in [2.75, 3.05) is 13.2 Å². The Morgan fingerprint density at radius 2 is 2.13 bits per heavy atom. The Bertz CT molecular complexity index is 387. The van der Waals surface area contributed by atoms with Crippen molar-refractivity contribution in [2.45, 2.75) is 20.0 Å². The third-order valence-corrected chi connectivity index (χ3v) is 2.82. The van der Waals surface area contributed by atoms with Gasteiger partial charge in [-0.15, -0.1) is 0 Å². The zero-order valence-corrected chi connectivity index (χ0v) is 8.86. The van der Waals surface area contributed by atoms with Gasteiger partial charge in [0.05, 0.1) is 6.61 Å². The second-order valence-corrected chi connectivity index (χ2v) is 3.97. The summed E-state index contributed by atoms with van der Waals surface area (Å²) in [5.41, 5.74) is 3.27. The molecule has 0 atom stereocenters. The summed E-state index contributed by atoms with van der Waals surface area (Å²) in [6.45, 7) is 4.20. The molecule has 1 aromatic carbocycles. The van der Waals surface area contributed by atoms with Crippen LogP contribution in [0.2, 0.25) is 0 Å². The first-order valence-electron chi connectivity index (χ1n) is 5.16. The predicted molar refractivity (Wildman–Crippen MR) is 57.6 cm³/mol. The summed E-state index contributed by atoms with van der Waals surface area (Å²) >= 11 is 0. The van der Waals surface area contributed by atoms with Crippen LogP contribution in [0, 0.1) is 0 Å². The highest BCUT2D eigenvalue weighted by Crippen LogP contribution is 2.23. The summed E-state index contributed by atoms with van der Waals surface area (Å²) in [6, 6.07) is 5.86. The average Bonchev–Trinajstić information content (AvgIpc) is 2.59. The van der Waals surface area contributed by atoms with Gasteiger partial charge in [-0.05, 0) is 24.1 Å². The first-order chi connectivity index (χ1) is 7.20. The Hall–Kier alpha value is -1.19. The van der Waals surface area contributed by atoms with Crippen LogP contribution in [0.5, 0.6) is 0 Å². The largest absolute Gasteiger partial charge is 0.395 e. The lowest BCUT2D eigenvalue weighted by molar-refractivity contribution is 0.101. The van der Waals surface area contributed by atoms with Crippen LogP contribution in [-0.4, -0.2) is 28.9 Å². The highest BCUT2D eigenvalue weighted by molar-refractivity contribution is 5.94. The first kappa shape index (κ1) is 10.3. The Balaban J connectivity index is 2.20. The van der Waals surface area contributed by atoms with Gasteiger partial charge in [0.1, 0.15) is 0 Å². The number of ketones is 1. The molecule has 15 heavy (non-hydrogen) atoms. The lowest BCUT2D eigenvalue weighted by Crippen LogP contribution is -2.20. The van der Waals surface area contributed by atoms with Gasteiger partial charge in [-0.2, -0.15) is 0 Å². The van der Waals surface area contributed by atoms with Gasteiger partial charge >= 0.3 is 0 Å². The van der Waals surface area contributed by atoms with E-state index in [2.05, 4.69) is 4.90 Å². The van der Waals surface area contributed by atoms with Crippen LogP contribution in [0.1, 0.15) is 28.4 Å². The SMILES string of the molecule is CC(=O)c1ccc2c(c1)CN(CCO)C2. The van der Waals surface area contributed by atoms with Crippen LogP contribution in [-0.2, 0) is 13.1 Å². The number of aliphatic hydroxyl groups excluding tert-OH is 1. The number of rotatable bonds is 3. The van der Waals surface area contributed by atoms with Crippen LogP contribution in [0.15, 0.2) is 18.2 Å². The number of nitrogens with zero attached hydrogens (tertiary/aromatic N) is 1. The molecule has 1 aromatic rings. The summed E-state index contributed by atoms with van der Waals surface area (Å²) in [5.74, 6) is 0.110. The van der Waals surface area contributed by atoms with E-state index in [1.54, 1.807) is 6.92 Å². The van der Waals surface area contributed by atoms with Crippen molar-refractivity contribution in [1.82, 2.24) is 4.90 Å². The Morgan fingerprint density at radius 1 is 1.40 bits per heavy atom. The number of fused-ring (bicyclic) bond motifs is 1. The molecule has 0 bridgehead atoms. The topological polar surface area (TPSA) is 40.5 Å². The molecule has 0 saturated carbocycles. The second kappa shape index (κ2) is 4.13. The monoisotopic (exact) mass is 205 g/mol. The number of hydrogen-bond donors (Lipinski definition) is 1. The molecule has 1 aliphatic rings. The van der Waals surface area contributed by atoms with Crippen molar-refractivity contribution in [3.05, 3.63) is 34.9 Å². The zero-order chi connectivity index (χ0) is 10.8. The molecule has 0 amide bonds. The number of Topliss-reactive ketones (excluding diaryl/α,β-unsaturated/α-hetero) is 1. The van der Waals surface area contributed by atoms with Crippen LogP contribution < -0.4 is 0 Å². The van der Waals surface area contributed by atoms with Gasteiger partial charge in [0.15, 0.2) is 5.78 Å². The summed E-state index contributed by atoms with van der Waals surface area (Å²) < 4.78 is 0. The van der Waals surface area contributed by atoms with Crippen LogP contribution in [0.3, 0.4) is 0 Å². The minimum atomic E-state index is 0.110. The fourth-order valence-corrected chi connectivity index (χ4v) is 1.98. The molecule has 0 fully saturated rings. The average molecular weight is 205 g/mol. The van der Waals surface area contributed by atoms with Crippen molar-refractivity contribution >= 4 is 5.78 Å². The molecule has 2 rings (SSSR count). The summed E-state index contributed by atoms with van der Waals surface area (Å²) in [5, 5.41) is 8.85. The number of β-amino-alcohol motifs (C(OH)–C–C–N with tert-alkyl or cyclic N) is 1. The molecule has 0 spiro atoms. The molecule has 1 N–H and O–H groups in total. The van der Waals surface area contributed by atoms with Crippen LogP contribution in [0.25, 0.3) is 0 Å². The van der Waals surface area contributed by atoms with Crippen molar-refractivity contribution in [2.24, 2.45) is 0 Å². The van der Waals surface area contributed by atoms with Gasteiger partial charge in [-0.25, -0.2) is 0 Å². The predicted octanol–water partition coefficient (Wildman–Crippen LogP) is 1.20. The van der Waals surface area contributed by atoms with E-state index in [9.17, 15) is 4.79 Å². The Morgan fingerprint density at radius 3 is 2.80 bits per heavy atom. The van der Waals surface area contributed by atoms with Crippen LogP contribution >= 0.6 is 0 Å². The van der Waals surface area contributed by atoms with E-state index in [1.807, 2.05) is 18.2 Å². The normalized spacial score (nSPS) is 15.3. The molecule has 3 nitrogen and oxygen atoms in total. The Kier molecular flexibility index (Phi) is 2.84. The van der Waals surface area contributed by atoms with Gasteiger partial charge in [-0.1, -0.05) is 12.1 Å². The summed E-state index contributed by atoms with van der Waals surface area (Å²) in [4.78, 5) is 13.4. The van der Waals surface area contributed by atoms with Crippen molar-refractivity contribution < 1.29 is 9.90 Å². The zero-order valence-electron chi connectivity index (χ0n) is 8.86. The van der Waals surface area contributed by atoms with Gasteiger partial charge in [0.2, 0.25) is 0 Å². The maximum Gasteiger partial charge on any atom is 0.159 e. The van der Waals surface area contributed by atoms with Gasteiger partial charge < -0.3 is 5.11 Å². The highest BCUT2D eigenvalue weighted by Gasteiger charge is 2.18. The standard InChI is InChI=1S/C12H15NO2/c1-9(15)10-2-3-11-7-13(4-5-14)8-12(11)6-10/h2-3,6,14H,4-5,7-8H2,1H3. The highest BCUT2D eigenvalue weighted by atomic mass is 16.3. The van der Waals surface area contributed by atoms with E-state index < -0.39 is 0 Å². The summed E-state index contributed by atoms with van der Waals surface area (Å²) in [7, 11) is 0. The molecule has 3 heteroatoms. The molecular formula is C12H15NO2. The van der Waals surface area contributed by atoms with E-state index in [0.717, 1.165) is 18.7 Å². The maximum absolute atomic E-state index is 11.2. The van der Waals surface area contributed by atoms with Crippen LogP contribution in [0.4, 0.5) is 0 Å². The molecule has 0 unspecified atom stereocenters. The number of carbonyl (C=O) groups is 1. The van der Waals surface area contributed by atoms with E-state index in [0.29, 0.717) is 6.54 Å². The molecule has 0 saturated heterocycles. The van der Waals surface area contributed by atoms with E-state index >= 15 is 0 Å². The number of hydrogen-bond acceptors (Lipinski definition) is 3. The minimum Gasteiger partial charge on any atom is -0.395 e. The lowest BCUT2D eigenvalue weighted by Gasteiger charge is -2.11. The number of carbonyl (C=O) groups excluding carboxylic acids is 1. The number of benzene rings is 1. The van der Waals surface area contributed by atoms with Crippen molar-refractivity contribution in [3.8, 4) is 0 Å². The summed E-state index contributed by atoms with van der Waals surface area (Å²) in [6.07, 6.45) is 0. The molecule has 80 valence electrons. The molecular weight excluding hydrogens is 190 g/mol. The van der Waals surface area contributed by atoms with Crippen molar-refractivity contribution in [3.63, 3.8) is 0 Å². The fourth-order valence-electron chi connectivity index (χ4n) is 1.98.